The van der Waals surface area contributed by atoms with Crippen molar-refractivity contribution in [2.24, 2.45) is 0 Å². The number of nitrogens with zero attached hydrogens (tertiary/aromatic N) is 1. The van der Waals surface area contributed by atoms with Crippen LogP contribution in [0.25, 0.3) is 10.2 Å². The molecule has 3 rings (SSSR count). The van der Waals surface area contributed by atoms with Crippen molar-refractivity contribution in [3.05, 3.63) is 52.8 Å². The molecular weight excluding hydrogens is 353 g/mol. The van der Waals surface area contributed by atoms with Gasteiger partial charge >= 0.3 is 0 Å². The Morgan fingerprint density at radius 1 is 1.28 bits per heavy atom. The molecule has 0 saturated heterocycles. The molecule has 8 heteroatoms. The second kappa shape index (κ2) is 7.10. The Bertz CT molecular complexity index is 927. The first-order valence-electron chi connectivity index (χ1n) is 7.30. The predicted molar refractivity (Wildman–Crippen MR) is 89.6 cm³/mol. The number of benzene rings is 2. The molecule has 0 atom stereocenters. The molecule has 1 N–H and O–H groups in total. The number of halogens is 3. The van der Waals surface area contributed by atoms with Gasteiger partial charge in [-0.05, 0) is 30.3 Å². The van der Waals surface area contributed by atoms with E-state index in [1.807, 2.05) is 0 Å². The van der Waals surface area contributed by atoms with Gasteiger partial charge in [0, 0.05) is 24.2 Å². The van der Waals surface area contributed by atoms with Crippen molar-refractivity contribution in [3.8, 4) is 5.75 Å². The molecule has 0 fully saturated rings. The van der Waals surface area contributed by atoms with Crippen molar-refractivity contribution < 1.29 is 22.7 Å². The van der Waals surface area contributed by atoms with Crippen molar-refractivity contribution in [2.45, 2.75) is 20.0 Å². The van der Waals surface area contributed by atoms with Crippen LogP contribution >= 0.6 is 11.3 Å². The van der Waals surface area contributed by atoms with Crippen LogP contribution in [0.3, 0.4) is 0 Å². The van der Waals surface area contributed by atoms with Gasteiger partial charge in [-0.2, -0.15) is 0 Å². The fraction of sp³-hybridized carbons (Fsp3) is 0.176. The van der Waals surface area contributed by atoms with E-state index in [1.165, 1.54) is 48.6 Å². The van der Waals surface area contributed by atoms with E-state index in [0.29, 0.717) is 10.5 Å². The van der Waals surface area contributed by atoms with E-state index in [9.17, 15) is 18.0 Å². The van der Waals surface area contributed by atoms with Crippen LogP contribution in [0.4, 0.5) is 18.9 Å². The number of alkyl halides is 2. The monoisotopic (exact) mass is 366 g/mol. The summed E-state index contributed by atoms with van der Waals surface area (Å²) < 4.78 is 45.8. The minimum Gasteiger partial charge on any atom is -0.486 e. The van der Waals surface area contributed by atoms with Crippen LogP contribution in [0.1, 0.15) is 23.9 Å². The van der Waals surface area contributed by atoms with Gasteiger partial charge in [-0.25, -0.2) is 18.2 Å². The summed E-state index contributed by atoms with van der Waals surface area (Å²) in [5.41, 5.74) is 0.252. The molecule has 0 aliphatic heterocycles. The molecular formula is C17H13F3N2O2S. The maximum Gasteiger partial charge on any atom is 0.265 e. The second-order valence-corrected chi connectivity index (χ2v) is 6.35. The highest BCUT2D eigenvalue weighted by Crippen LogP contribution is 2.31. The van der Waals surface area contributed by atoms with Gasteiger partial charge in [0.05, 0.1) is 10.2 Å². The first-order chi connectivity index (χ1) is 11.9. The third kappa shape index (κ3) is 4.08. The molecule has 0 unspecified atom stereocenters. The molecule has 1 aromatic heterocycles. The van der Waals surface area contributed by atoms with Crippen LogP contribution in [0.2, 0.25) is 0 Å². The largest absolute Gasteiger partial charge is 0.486 e. The highest BCUT2D eigenvalue weighted by atomic mass is 32.1. The van der Waals surface area contributed by atoms with E-state index in [1.54, 1.807) is 6.07 Å². The van der Waals surface area contributed by atoms with Gasteiger partial charge in [0.2, 0.25) is 5.91 Å². The summed E-state index contributed by atoms with van der Waals surface area (Å²) in [6, 6.07) is 8.34. The number of aromatic nitrogens is 1. The summed E-state index contributed by atoms with van der Waals surface area (Å²) >= 11 is 1.34. The molecule has 0 spiro atoms. The van der Waals surface area contributed by atoms with Crippen molar-refractivity contribution in [2.75, 3.05) is 5.32 Å². The first-order valence-corrected chi connectivity index (χ1v) is 8.11. The summed E-state index contributed by atoms with van der Waals surface area (Å²) in [4.78, 5) is 15.3. The smallest absolute Gasteiger partial charge is 0.265 e. The third-order valence-electron chi connectivity index (χ3n) is 3.33. The van der Waals surface area contributed by atoms with Gasteiger partial charge in [0.25, 0.3) is 6.43 Å². The predicted octanol–water partition coefficient (Wildman–Crippen LogP) is 4.91. The lowest BCUT2D eigenvalue weighted by atomic mass is 10.1. The lowest BCUT2D eigenvalue weighted by Crippen LogP contribution is -2.08. The Labute approximate surface area is 145 Å². The summed E-state index contributed by atoms with van der Waals surface area (Å²) in [5.74, 6) is -0.576. The highest BCUT2D eigenvalue weighted by molar-refractivity contribution is 7.18. The maximum atomic E-state index is 13.2. The topological polar surface area (TPSA) is 51.2 Å². The van der Waals surface area contributed by atoms with Crippen molar-refractivity contribution >= 4 is 33.1 Å². The molecule has 130 valence electrons. The van der Waals surface area contributed by atoms with Gasteiger partial charge in [0.1, 0.15) is 23.2 Å². The van der Waals surface area contributed by atoms with Crippen molar-refractivity contribution in [1.82, 2.24) is 4.98 Å². The number of carbonyl (C=O) groups excluding carboxylic acids is 1. The number of thiazole rings is 1. The maximum absolute atomic E-state index is 13.2. The van der Waals surface area contributed by atoms with Crippen molar-refractivity contribution in [3.63, 3.8) is 0 Å². The van der Waals surface area contributed by atoms with Crippen LogP contribution in [-0.4, -0.2) is 10.9 Å². The minimum atomic E-state index is -2.75. The number of rotatable bonds is 5. The molecule has 0 saturated carbocycles. The van der Waals surface area contributed by atoms with Crippen LogP contribution in [0.15, 0.2) is 36.4 Å². The highest BCUT2D eigenvalue weighted by Gasteiger charge is 2.15. The van der Waals surface area contributed by atoms with Gasteiger partial charge in [-0.3, -0.25) is 4.79 Å². The summed E-state index contributed by atoms with van der Waals surface area (Å²) in [6.45, 7) is 1.32. The molecule has 25 heavy (non-hydrogen) atoms. The van der Waals surface area contributed by atoms with E-state index < -0.39 is 12.3 Å². The van der Waals surface area contributed by atoms with Crippen LogP contribution < -0.4 is 10.1 Å². The summed E-state index contributed by atoms with van der Waals surface area (Å²) in [7, 11) is 0. The molecule has 1 amide bonds. The normalized spacial score (nSPS) is 11.1. The Kier molecular flexibility index (Phi) is 4.89. The average molecular weight is 366 g/mol. The van der Waals surface area contributed by atoms with Gasteiger partial charge < -0.3 is 10.1 Å². The number of anilines is 1. The molecule has 3 aromatic rings. The van der Waals surface area contributed by atoms with E-state index in [0.717, 1.165) is 4.70 Å². The van der Waals surface area contributed by atoms with Crippen LogP contribution in [0, 0.1) is 5.82 Å². The SMILES string of the molecule is CC(=O)Nc1ccc(OCc2nc3cc(F)ccc3s2)cc1C(F)F. The Balaban J connectivity index is 1.77. The fourth-order valence-corrected chi connectivity index (χ4v) is 3.13. The Morgan fingerprint density at radius 3 is 2.80 bits per heavy atom. The van der Waals surface area contributed by atoms with E-state index in [4.69, 9.17) is 4.74 Å². The average Bonchev–Trinajstić information content (AvgIpc) is 2.95. The Morgan fingerprint density at radius 2 is 2.08 bits per heavy atom. The molecule has 0 aliphatic rings. The molecule has 2 aromatic carbocycles. The van der Waals surface area contributed by atoms with Gasteiger partial charge in [0.15, 0.2) is 0 Å². The van der Waals surface area contributed by atoms with E-state index in [-0.39, 0.29) is 29.4 Å². The van der Waals surface area contributed by atoms with E-state index in [2.05, 4.69) is 10.3 Å². The zero-order chi connectivity index (χ0) is 18.0. The number of carbonyl (C=O) groups is 1. The molecule has 1 heterocycles. The molecule has 0 aliphatic carbocycles. The molecule has 0 bridgehead atoms. The zero-order valence-corrected chi connectivity index (χ0v) is 13.9. The summed E-state index contributed by atoms with van der Waals surface area (Å²) in [5, 5.41) is 2.96. The zero-order valence-electron chi connectivity index (χ0n) is 13.1. The lowest BCUT2D eigenvalue weighted by Gasteiger charge is -2.12. The van der Waals surface area contributed by atoms with Gasteiger partial charge in [-0.15, -0.1) is 11.3 Å². The minimum absolute atomic E-state index is 0.0466. The van der Waals surface area contributed by atoms with Crippen LogP contribution in [-0.2, 0) is 11.4 Å². The number of amides is 1. The Hall–Kier alpha value is -2.61. The van der Waals surface area contributed by atoms with Crippen LogP contribution in [0.5, 0.6) is 5.75 Å². The number of nitrogens with one attached hydrogen (secondary N) is 1. The third-order valence-corrected chi connectivity index (χ3v) is 4.33. The molecule has 4 nitrogen and oxygen atoms in total. The fourth-order valence-electron chi connectivity index (χ4n) is 2.27. The number of fused-ring (bicyclic) bond motifs is 1. The second-order valence-electron chi connectivity index (χ2n) is 5.24. The first kappa shape index (κ1) is 17.2. The standard InChI is InChI=1S/C17H13F3N2O2S/c1-9(23)21-13-4-3-11(7-12(13)17(19)20)24-8-16-22-14-6-10(18)2-5-15(14)25-16/h2-7,17H,8H2,1H3,(H,21,23). The lowest BCUT2D eigenvalue weighted by molar-refractivity contribution is -0.114. The van der Waals surface area contributed by atoms with Gasteiger partial charge in [-0.1, -0.05) is 0 Å². The quantitative estimate of drug-likeness (QED) is 0.698. The van der Waals surface area contributed by atoms with E-state index >= 15 is 0 Å². The number of ether oxygens (including phenoxy) is 1. The number of hydrogen-bond donors (Lipinski definition) is 1. The molecule has 0 radical (unpaired) electrons. The van der Waals surface area contributed by atoms with Crippen molar-refractivity contribution in [1.29, 1.82) is 0 Å². The number of hydrogen-bond acceptors (Lipinski definition) is 4. The summed E-state index contributed by atoms with van der Waals surface area (Å²) in [6.07, 6.45) is -2.75.